The van der Waals surface area contributed by atoms with Crippen molar-refractivity contribution in [3.63, 3.8) is 0 Å². The van der Waals surface area contributed by atoms with Crippen molar-refractivity contribution in [2.24, 2.45) is 0 Å². The summed E-state index contributed by atoms with van der Waals surface area (Å²) in [4.78, 5) is 0. The summed E-state index contributed by atoms with van der Waals surface area (Å²) >= 11 is -0.189. The van der Waals surface area contributed by atoms with Crippen LogP contribution in [0.5, 0.6) is 0 Å². The van der Waals surface area contributed by atoms with Crippen LogP contribution in [-0.2, 0) is 23.1 Å². The van der Waals surface area contributed by atoms with E-state index in [1.54, 1.807) is 0 Å². The molecule has 1 aliphatic rings. The van der Waals surface area contributed by atoms with Crippen molar-refractivity contribution < 1.29 is 19.4 Å². The molecule has 22 heavy (non-hydrogen) atoms. The monoisotopic (exact) mass is 375 g/mol. The fourth-order valence-corrected chi connectivity index (χ4v) is 4.28. The molecule has 0 radical (unpaired) electrons. The second kappa shape index (κ2) is 10.7. The second-order valence-electron chi connectivity index (χ2n) is 5.90. The number of halogens is 2. The van der Waals surface area contributed by atoms with Gasteiger partial charge in [-0.2, -0.15) is 0 Å². The van der Waals surface area contributed by atoms with E-state index in [2.05, 4.69) is 67.1 Å². The SMILES string of the molecule is CCCC[NH][Ti][C](C)(C)c1ccccc1C1=CC=CC1.Cl.Cl. The molecule has 2 rings (SSSR count). The molecule has 0 aromatic heterocycles. The molecule has 0 saturated heterocycles. The summed E-state index contributed by atoms with van der Waals surface area (Å²) in [5.41, 5.74) is 4.43. The zero-order valence-electron chi connectivity index (χ0n) is 13.7. The summed E-state index contributed by atoms with van der Waals surface area (Å²) < 4.78 is 4.02. The van der Waals surface area contributed by atoms with Gasteiger partial charge in [0.15, 0.2) is 0 Å². The summed E-state index contributed by atoms with van der Waals surface area (Å²) in [6.07, 6.45) is 10.3. The Morgan fingerprint density at radius 1 is 1.18 bits per heavy atom. The molecule has 0 spiro atoms. The fraction of sp³-hybridized carbons (Fsp3) is 0.444. The molecule has 1 aromatic rings. The molecule has 0 unspecified atom stereocenters. The Bertz CT molecular complexity index is 510. The van der Waals surface area contributed by atoms with Crippen LogP contribution in [0.25, 0.3) is 5.57 Å². The first-order valence-electron chi connectivity index (χ1n) is 7.61. The molecule has 0 amide bonds. The third kappa shape index (κ3) is 5.87. The fourth-order valence-electron chi connectivity index (χ4n) is 2.57. The van der Waals surface area contributed by atoms with E-state index >= 15 is 0 Å². The van der Waals surface area contributed by atoms with Gasteiger partial charge in [0.1, 0.15) is 0 Å². The van der Waals surface area contributed by atoms with Gasteiger partial charge < -0.3 is 0 Å². The number of unbranched alkanes of at least 4 members (excludes halogenated alkanes) is 1. The van der Waals surface area contributed by atoms with Gasteiger partial charge in [-0.15, -0.1) is 24.8 Å². The molecule has 1 N–H and O–H groups in total. The van der Waals surface area contributed by atoms with Crippen LogP contribution in [-0.4, -0.2) is 6.54 Å². The Labute approximate surface area is 157 Å². The Morgan fingerprint density at radius 2 is 1.91 bits per heavy atom. The molecule has 0 aliphatic heterocycles. The van der Waals surface area contributed by atoms with Crippen molar-refractivity contribution in [1.29, 1.82) is 0 Å². The first-order chi connectivity index (χ1) is 9.65. The molecular formula is C18H27Cl2NTi. The Morgan fingerprint density at radius 3 is 2.55 bits per heavy atom. The molecule has 0 atom stereocenters. The van der Waals surface area contributed by atoms with Crippen molar-refractivity contribution in [3.8, 4) is 0 Å². The van der Waals surface area contributed by atoms with Gasteiger partial charge in [-0.25, -0.2) is 0 Å². The average Bonchev–Trinajstić information content (AvgIpc) is 2.98. The maximum absolute atomic E-state index is 3.73. The molecule has 0 heterocycles. The number of hydrogen-bond donors (Lipinski definition) is 1. The van der Waals surface area contributed by atoms with Crippen LogP contribution in [0.1, 0.15) is 51.2 Å². The summed E-state index contributed by atoms with van der Waals surface area (Å²) in [6, 6.07) is 8.95. The van der Waals surface area contributed by atoms with E-state index in [0.29, 0.717) is 0 Å². The number of benzene rings is 1. The van der Waals surface area contributed by atoms with E-state index in [0.717, 1.165) is 6.42 Å². The minimum Gasteiger partial charge on any atom is -0.147 e. The minimum absolute atomic E-state index is 0. The molecule has 0 bridgehead atoms. The van der Waals surface area contributed by atoms with E-state index in [9.17, 15) is 0 Å². The maximum atomic E-state index is 3.73. The van der Waals surface area contributed by atoms with E-state index in [1.165, 1.54) is 36.1 Å². The molecule has 4 heteroatoms. The third-order valence-corrected chi connectivity index (χ3v) is 5.84. The number of hydrogen-bond acceptors (Lipinski definition) is 1. The van der Waals surface area contributed by atoms with Crippen molar-refractivity contribution in [3.05, 3.63) is 53.6 Å². The van der Waals surface area contributed by atoms with E-state index < -0.39 is 0 Å². The van der Waals surface area contributed by atoms with E-state index in [4.69, 9.17) is 0 Å². The van der Waals surface area contributed by atoms with Crippen molar-refractivity contribution in [2.75, 3.05) is 6.54 Å². The Hall–Kier alpha value is -0.0457. The number of rotatable bonds is 7. The van der Waals surface area contributed by atoms with Crippen molar-refractivity contribution in [1.82, 2.24) is 3.80 Å². The third-order valence-electron chi connectivity index (χ3n) is 3.77. The predicted octanol–water partition coefficient (Wildman–Crippen LogP) is 5.50. The van der Waals surface area contributed by atoms with Crippen LogP contribution in [0.3, 0.4) is 0 Å². The van der Waals surface area contributed by atoms with Crippen molar-refractivity contribution in [2.45, 2.75) is 43.8 Å². The van der Waals surface area contributed by atoms with E-state index in [-0.39, 0.29) is 47.9 Å². The number of allylic oxidation sites excluding steroid dienone is 4. The van der Waals surface area contributed by atoms with Gasteiger partial charge >= 0.3 is 133 Å². The smallest absolute Gasteiger partial charge is 0.147 e. The molecule has 1 nitrogen and oxygen atoms in total. The number of nitrogens with one attached hydrogen (secondary N) is 1. The van der Waals surface area contributed by atoms with Gasteiger partial charge in [0, 0.05) is 0 Å². The Balaban J connectivity index is 0.00000220. The van der Waals surface area contributed by atoms with E-state index in [1.807, 2.05) is 0 Å². The molecule has 122 valence electrons. The van der Waals surface area contributed by atoms with Gasteiger partial charge in [0.2, 0.25) is 0 Å². The van der Waals surface area contributed by atoms with Crippen LogP contribution >= 0.6 is 24.8 Å². The van der Waals surface area contributed by atoms with Gasteiger partial charge in [0.05, 0.1) is 0 Å². The quantitative estimate of drug-likeness (QED) is 0.490. The van der Waals surface area contributed by atoms with Crippen LogP contribution in [0.15, 0.2) is 42.5 Å². The zero-order valence-corrected chi connectivity index (χ0v) is 16.9. The predicted molar refractivity (Wildman–Crippen MR) is 98.6 cm³/mol. The topological polar surface area (TPSA) is 12.0 Å². The molecular weight excluding hydrogens is 349 g/mol. The first kappa shape index (κ1) is 22.0. The van der Waals surface area contributed by atoms with Gasteiger partial charge in [0.25, 0.3) is 0 Å². The maximum Gasteiger partial charge on any atom is -0.147 e. The summed E-state index contributed by atoms with van der Waals surface area (Å²) in [7, 11) is 0. The molecule has 0 saturated carbocycles. The molecule has 1 aliphatic carbocycles. The van der Waals surface area contributed by atoms with Crippen LogP contribution in [0.4, 0.5) is 0 Å². The Kier molecular flexibility index (Phi) is 10.7. The summed E-state index contributed by atoms with van der Waals surface area (Å²) in [6.45, 7) is 8.22. The zero-order chi connectivity index (χ0) is 14.4. The second-order valence-corrected chi connectivity index (χ2v) is 8.79. The van der Waals surface area contributed by atoms with Crippen molar-refractivity contribution >= 4 is 30.4 Å². The van der Waals surface area contributed by atoms with Crippen LogP contribution in [0, 0.1) is 0 Å². The van der Waals surface area contributed by atoms with Gasteiger partial charge in [-0.1, -0.05) is 0 Å². The normalized spacial score (nSPS) is 13.1. The summed E-state index contributed by atoms with van der Waals surface area (Å²) in [5.74, 6) is 0. The summed E-state index contributed by atoms with van der Waals surface area (Å²) in [5, 5.41) is 0. The molecule has 0 fully saturated rings. The minimum atomic E-state index is -0.189. The standard InChI is InChI=1S/C14H15.C4H10N.2ClH.Ti/c1-11(2)13-9-5-6-10-14(13)12-7-3-4-8-12;1-2-3-4-5;;;/h3-7,9-10H,8H2,1-2H3;5H,2-4H2,1H3;2*1H;/q;-1;;;+1. The van der Waals surface area contributed by atoms with Crippen LogP contribution < -0.4 is 3.80 Å². The van der Waals surface area contributed by atoms with Crippen LogP contribution in [0.2, 0.25) is 0 Å². The van der Waals surface area contributed by atoms with Gasteiger partial charge in [-0.05, 0) is 0 Å². The largest absolute Gasteiger partial charge is 0.147 e. The van der Waals surface area contributed by atoms with Gasteiger partial charge in [-0.3, -0.25) is 0 Å². The average molecular weight is 376 g/mol. The molecule has 1 aromatic carbocycles. The first-order valence-corrected chi connectivity index (χ1v) is 9.17.